The number of rotatable bonds is 4. The first-order valence-corrected chi connectivity index (χ1v) is 10.8. The van der Waals surface area contributed by atoms with E-state index in [0.29, 0.717) is 5.78 Å². The van der Waals surface area contributed by atoms with Crippen LogP contribution in [0, 0.1) is 5.41 Å². The van der Waals surface area contributed by atoms with Crippen molar-refractivity contribution in [3.8, 4) is 0 Å². The monoisotopic (exact) mass is 381 g/mol. The lowest BCUT2D eigenvalue weighted by molar-refractivity contribution is -0.126. The van der Waals surface area contributed by atoms with E-state index in [1.54, 1.807) is 0 Å². The third kappa shape index (κ3) is 5.32. The summed E-state index contributed by atoms with van der Waals surface area (Å²) in [6.45, 7) is 23.0. The van der Waals surface area contributed by atoms with Crippen molar-refractivity contribution in [2.75, 3.05) is 13.1 Å². The Hall–Kier alpha value is -1.93. The summed E-state index contributed by atoms with van der Waals surface area (Å²) in [5.41, 5.74) is 5.04. The molecule has 1 spiro atoms. The van der Waals surface area contributed by atoms with Gasteiger partial charge in [-0.05, 0) is 62.9 Å². The predicted molar refractivity (Wildman–Crippen MR) is 122 cm³/mol. The highest BCUT2D eigenvalue weighted by molar-refractivity contribution is 6.07. The molecule has 0 atom stereocenters. The fourth-order valence-corrected chi connectivity index (χ4v) is 4.11. The minimum atomic E-state index is -0.213. The number of likely N-dealkylation sites (tertiary alicyclic amines) is 1. The molecule has 154 valence electrons. The van der Waals surface area contributed by atoms with Crippen LogP contribution in [-0.2, 0) is 11.3 Å². The number of carbonyl (C=O) groups excluding carboxylic acids is 1. The van der Waals surface area contributed by atoms with Gasteiger partial charge in [0.15, 0.2) is 5.78 Å². The maximum absolute atomic E-state index is 13.1. The van der Waals surface area contributed by atoms with Crippen LogP contribution in [0.1, 0.15) is 66.4 Å². The highest BCUT2D eigenvalue weighted by Gasteiger charge is 2.48. The minimum absolute atomic E-state index is 0.213. The van der Waals surface area contributed by atoms with Crippen molar-refractivity contribution >= 4 is 5.78 Å². The van der Waals surface area contributed by atoms with Gasteiger partial charge in [-0.1, -0.05) is 76.8 Å². The molecule has 1 aromatic rings. The smallest absolute Gasteiger partial charge is 0.169 e. The SMILES string of the molecule is C=C(C)C1=C(C(=C)C)C(=O)C2(CCN(Cc3ccccc3)CC2)C1.CC.CC. The molecule has 0 aromatic heterocycles. The number of allylic oxidation sites excluding steroid dienone is 4. The zero-order chi connectivity index (χ0) is 21.3. The number of benzene rings is 1. The van der Waals surface area contributed by atoms with Gasteiger partial charge < -0.3 is 0 Å². The van der Waals surface area contributed by atoms with E-state index in [2.05, 4.69) is 48.4 Å². The summed E-state index contributed by atoms with van der Waals surface area (Å²) in [6.07, 6.45) is 2.72. The van der Waals surface area contributed by atoms with Gasteiger partial charge in [0.05, 0.1) is 0 Å². The third-order valence-corrected chi connectivity index (χ3v) is 5.53. The molecular formula is C26H39NO. The summed E-state index contributed by atoms with van der Waals surface area (Å²) >= 11 is 0. The van der Waals surface area contributed by atoms with E-state index < -0.39 is 0 Å². The molecule has 2 aliphatic rings. The first-order chi connectivity index (χ1) is 13.4. The molecular weight excluding hydrogens is 342 g/mol. The zero-order valence-corrected chi connectivity index (χ0v) is 18.9. The van der Waals surface area contributed by atoms with E-state index in [-0.39, 0.29) is 5.41 Å². The molecule has 0 saturated carbocycles. The Bertz CT molecular complexity index is 703. The highest BCUT2D eigenvalue weighted by atomic mass is 16.1. The number of hydrogen-bond acceptors (Lipinski definition) is 2. The van der Waals surface area contributed by atoms with Crippen molar-refractivity contribution < 1.29 is 4.79 Å². The van der Waals surface area contributed by atoms with Crippen LogP contribution < -0.4 is 0 Å². The Kier molecular flexibility index (Phi) is 9.61. The van der Waals surface area contributed by atoms with Crippen molar-refractivity contribution in [2.24, 2.45) is 5.41 Å². The molecule has 0 radical (unpaired) electrons. The Labute approximate surface area is 173 Å². The zero-order valence-electron chi connectivity index (χ0n) is 18.9. The van der Waals surface area contributed by atoms with Crippen LogP contribution in [0.3, 0.4) is 0 Å². The standard InChI is InChI=1S/C22H27NO.2C2H6/c1-16(2)19-14-22(21(24)20(19)17(3)4)10-12-23(13-11-22)15-18-8-6-5-7-9-18;2*1-2/h5-9H,1,3,10-15H2,2,4H3;2*1-2H3. The molecule has 0 amide bonds. The normalized spacial score (nSPS) is 18.1. The molecule has 0 bridgehead atoms. The molecule has 1 aromatic carbocycles. The van der Waals surface area contributed by atoms with Gasteiger partial charge in [0.2, 0.25) is 0 Å². The maximum Gasteiger partial charge on any atom is 0.169 e. The maximum atomic E-state index is 13.1. The summed E-state index contributed by atoms with van der Waals surface area (Å²) < 4.78 is 0. The lowest BCUT2D eigenvalue weighted by Crippen LogP contribution is -2.42. The fourth-order valence-electron chi connectivity index (χ4n) is 4.11. The third-order valence-electron chi connectivity index (χ3n) is 5.53. The predicted octanol–water partition coefficient (Wildman–Crippen LogP) is 6.74. The largest absolute Gasteiger partial charge is 0.299 e. The van der Waals surface area contributed by atoms with Gasteiger partial charge in [-0.25, -0.2) is 0 Å². The van der Waals surface area contributed by atoms with Crippen molar-refractivity contribution in [1.82, 2.24) is 4.90 Å². The molecule has 1 saturated heterocycles. The average Bonchev–Trinajstić information content (AvgIpc) is 3.00. The van der Waals surface area contributed by atoms with E-state index in [4.69, 9.17) is 0 Å². The summed E-state index contributed by atoms with van der Waals surface area (Å²) in [5, 5.41) is 0. The quantitative estimate of drug-likeness (QED) is 0.575. The number of hydrogen-bond donors (Lipinski definition) is 0. The second-order valence-corrected chi connectivity index (χ2v) is 7.46. The minimum Gasteiger partial charge on any atom is -0.299 e. The Morgan fingerprint density at radius 3 is 1.93 bits per heavy atom. The molecule has 28 heavy (non-hydrogen) atoms. The summed E-state index contributed by atoms with van der Waals surface area (Å²) in [5.74, 6) is 0.312. The van der Waals surface area contributed by atoms with Crippen LogP contribution >= 0.6 is 0 Å². The Morgan fingerprint density at radius 2 is 1.50 bits per heavy atom. The van der Waals surface area contributed by atoms with Gasteiger partial charge in [0, 0.05) is 17.5 Å². The van der Waals surface area contributed by atoms with Crippen LogP contribution in [0.25, 0.3) is 0 Å². The molecule has 0 unspecified atom stereocenters. The molecule has 1 aliphatic carbocycles. The van der Waals surface area contributed by atoms with E-state index in [1.807, 2.05) is 41.5 Å². The summed E-state index contributed by atoms with van der Waals surface area (Å²) in [6, 6.07) is 10.6. The number of nitrogens with zero attached hydrogens (tertiary/aromatic N) is 1. The van der Waals surface area contributed by atoms with Crippen molar-refractivity contribution in [2.45, 2.75) is 67.3 Å². The average molecular weight is 382 g/mol. The highest BCUT2D eigenvalue weighted by Crippen LogP contribution is 2.49. The molecule has 3 rings (SSSR count). The Morgan fingerprint density at radius 1 is 0.964 bits per heavy atom. The second kappa shape index (κ2) is 11.2. The lowest BCUT2D eigenvalue weighted by Gasteiger charge is -2.38. The van der Waals surface area contributed by atoms with Gasteiger partial charge in [0.1, 0.15) is 0 Å². The first-order valence-electron chi connectivity index (χ1n) is 10.8. The summed E-state index contributed by atoms with van der Waals surface area (Å²) in [7, 11) is 0. The van der Waals surface area contributed by atoms with Gasteiger partial charge in [-0.2, -0.15) is 0 Å². The number of Topliss-reactive ketones (excluding diaryl/α,β-unsaturated/α-hetero) is 1. The Balaban J connectivity index is 0.000000921. The lowest BCUT2D eigenvalue weighted by atomic mass is 9.73. The van der Waals surface area contributed by atoms with Crippen molar-refractivity contribution in [3.05, 3.63) is 71.3 Å². The molecule has 1 fully saturated rings. The van der Waals surface area contributed by atoms with Crippen molar-refractivity contribution in [1.29, 1.82) is 0 Å². The van der Waals surface area contributed by atoms with E-state index in [9.17, 15) is 4.79 Å². The molecule has 0 N–H and O–H groups in total. The van der Waals surface area contributed by atoms with Crippen LogP contribution in [0.2, 0.25) is 0 Å². The summed E-state index contributed by atoms with van der Waals surface area (Å²) in [4.78, 5) is 15.6. The molecule has 2 nitrogen and oxygen atoms in total. The van der Waals surface area contributed by atoms with Crippen LogP contribution in [0.5, 0.6) is 0 Å². The first kappa shape index (κ1) is 24.1. The topological polar surface area (TPSA) is 20.3 Å². The van der Waals surface area contributed by atoms with Gasteiger partial charge >= 0.3 is 0 Å². The van der Waals surface area contributed by atoms with Gasteiger partial charge in [-0.15, -0.1) is 0 Å². The van der Waals surface area contributed by atoms with Gasteiger partial charge in [-0.3, -0.25) is 9.69 Å². The second-order valence-electron chi connectivity index (χ2n) is 7.46. The molecule has 1 aliphatic heterocycles. The number of piperidine rings is 1. The van der Waals surface area contributed by atoms with Crippen LogP contribution in [0.4, 0.5) is 0 Å². The van der Waals surface area contributed by atoms with Crippen LogP contribution in [-0.4, -0.2) is 23.8 Å². The molecule has 1 heterocycles. The van der Waals surface area contributed by atoms with Crippen LogP contribution in [0.15, 0.2) is 65.8 Å². The van der Waals surface area contributed by atoms with E-state index in [0.717, 1.165) is 61.2 Å². The van der Waals surface area contributed by atoms with E-state index >= 15 is 0 Å². The fraction of sp³-hybridized carbons (Fsp3) is 0.500. The van der Waals surface area contributed by atoms with Gasteiger partial charge in [0.25, 0.3) is 0 Å². The number of carbonyl (C=O) groups is 1. The van der Waals surface area contributed by atoms with Crippen molar-refractivity contribution in [3.63, 3.8) is 0 Å². The van der Waals surface area contributed by atoms with E-state index in [1.165, 1.54) is 5.56 Å². The number of ketones is 1. The molecule has 2 heteroatoms.